The highest BCUT2D eigenvalue weighted by atomic mass is 16.4. The summed E-state index contributed by atoms with van der Waals surface area (Å²) in [5.41, 5.74) is 1.79. The van der Waals surface area contributed by atoms with E-state index in [0.717, 1.165) is 24.1 Å². The first-order chi connectivity index (χ1) is 8.97. The van der Waals surface area contributed by atoms with Crippen molar-refractivity contribution in [2.75, 3.05) is 12.4 Å². The van der Waals surface area contributed by atoms with E-state index >= 15 is 0 Å². The number of hydrogen-bond acceptors (Lipinski definition) is 2. The molecule has 0 radical (unpaired) electrons. The Balaban J connectivity index is 2.79. The SMILES string of the molecule is CCCc1ccccc1NC(=O)N(C)C(C)C(=O)O. The molecule has 104 valence electrons. The number of urea groups is 1. The number of para-hydroxylation sites is 1. The first-order valence-corrected chi connectivity index (χ1v) is 6.31. The molecule has 2 amide bonds. The normalized spacial score (nSPS) is 11.7. The molecular formula is C14H20N2O3. The predicted molar refractivity (Wildman–Crippen MR) is 74.3 cm³/mol. The van der Waals surface area contributed by atoms with Crippen molar-refractivity contribution in [1.29, 1.82) is 0 Å². The third kappa shape index (κ3) is 3.98. The Bertz CT molecular complexity index is 460. The minimum Gasteiger partial charge on any atom is -0.480 e. The van der Waals surface area contributed by atoms with Gasteiger partial charge in [0.15, 0.2) is 0 Å². The van der Waals surface area contributed by atoms with Crippen molar-refractivity contribution in [3.8, 4) is 0 Å². The number of rotatable bonds is 5. The third-order valence-electron chi connectivity index (χ3n) is 3.04. The number of nitrogens with one attached hydrogen (secondary N) is 1. The molecular weight excluding hydrogens is 244 g/mol. The highest BCUT2D eigenvalue weighted by Crippen LogP contribution is 2.17. The molecule has 0 fully saturated rings. The van der Waals surface area contributed by atoms with Crippen LogP contribution in [0, 0.1) is 0 Å². The standard InChI is InChI=1S/C14H20N2O3/c1-4-7-11-8-5-6-9-12(11)15-14(19)16(3)10(2)13(17)18/h5-6,8-10H,4,7H2,1-3H3,(H,15,19)(H,17,18). The van der Waals surface area contributed by atoms with Crippen LogP contribution in [0.3, 0.4) is 0 Å². The van der Waals surface area contributed by atoms with Crippen molar-refractivity contribution in [1.82, 2.24) is 4.90 Å². The Morgan fingerprint density at radius 3 is 2.58 bits per heavy atom. The fourth-order valence-electron chi connectivity index (χ4n) is 1.67. The second-order valence-electron chi connectivity index (χ2n) is 4.46. The molecule has 0 saturated carbocycles. The number of carboxylic acids is 1. The van der Waals surface area contributed by atoms with Crippen molar-refractivity contribution < 1.29 is 14.7 Å². The highest BCUT2D eigenvalue weighted by Gasteiger charge is 2.21. The van der Waals surface area contributed by atoms with Crippen LogP contribution in [-0.2, 0) is 11.2 Å². The van der Waals surface area contributed by atoms with Gasteiger partial charge in [0, 0.05) is 12.7 Å². The molecule has 0 saturated heterocycles. The molecule has 0 aliphatic carbocycles. The van der Waals surface area contributed by atoms with Gasteiger partial charge in [-0.1, -0.05) is 31.5 Å². The van der Waals surface area contributed by atoms with Gasteiger partial charge in [-0.3, -0.25) is 0 Å². The second kappa shape index (κ2) is 6.78. The summed E-state index contributed by atoms with van der Waals surface area (Å²) in [5, 5.41) is 11.6. The lowest BCUT2D eigenvalue weighted by Gasteiger charge is -2.22. The first kappa shape index (κ1) is 15.0. The van der Waals surface area contributed by atoms with Crippen LogP contribution in [0.1, 0.15) is 25.8 Å². The summed E-state index contributed by atoms with van der Waals surface area (Å²) in [5.74, 6) is -1.03. The van der Waals surface area contributed by atoms with E-state index in [-0.39, 0.29) is 0 Å². The summed E-state index contributed by atoms with van der Waals surface area (Å²) in [6.45, 7) is 3.54. The maximum Gasteiger partial charge on any atom is 0.326 e. The van der Waals surface area contributed by atoms with Crippen molar-refractivity contribution in [2.24, 2.45) is 0 Å². The highest BCUT2D eigenvalue weighted by molar-refractivity contribution is 5.92. The van der Waals surface area contributed by atoms with Gasteiger partial charge in [0.25, 0.3) is 0 Å². The quantitative estimate of drug-likeness (QED) is 0.858. The first-order valence-electron chi connectivity index (χ1n) is 6.31. The smallest absolute Gasteiger partial charge is 0.326 e. The number of amides is 2. The average Bonchev–Trinajstić information content (AvgIpc) is 2.39. The van der Waals surface area contributed by atoms with E-state index < -0.39 is 18.0 Å². The van der Waals surface area contributed by atoms with E-state index in [2.05, 4.69) is 12.2 Å². The predicted octanol–water partition coefficient (Wildman–Crippen LogP) is 2.58. The molecule has 1 rings (SSSR count). The van der Waals surface area contributed by atoms with E-state index in [0.29, 0.717) is 0 Å². The van der Waals surface area contributed by atoms with Crippen LogP contribution in [-0.4, -0.2) is 35.1 Å². The number of anilines is 1. The lowest BCUT2D eigenvalue weighted by atomic mass is 10.1. The number of hydrogen-bond donors (Lipinski definition) is 2. The number of likely N-dealkylation sites (N-methyl/N-ethyl adjacent to an activating group) is 1. The molecule has 1 atom stereocenters. The fraction of sp³-hybridized carbons (Fsp3) is 0.429. The topological polar surface area (TPSA) is 69.6 Å². The summed E-state index contributed by atoms with van der Waals surface area (Å²) in [4.78, 5) is 24.0. The average molecular weight is 264 g/mol. The number of carboxylic acid groups (broad SMARTS) is 1. The minimum absolute atomic E-state index is 0.418. The Kier molecular flexibility index (Phi) is 5.36. The van der Waals surface area contributed by atoms with Crippen LogP contribution in [0.15, 0.2) is 24.3 Å². The van der Waals surface area contributed by atoms with Gasteiger partial charge >= 0.3 is 12.0 Å². The Labute approximate surface area is 113 Å². The summed E-state index contributed by atoms with van der Waals surface area (Å²) < 4.78 is 0. The van der Waals surface area contributed by atoms with Crippen molar-refractivity contribution >= 4 is 17.7 Å². The molecule has 5 heteroatoms. The van der Waals surface area contributed by atoms with Gasteiger partial charge in [-0.25, -0.2) is 9.59 Å². The molecule has 19 heavy (non-hydrogen) atoms. The Morgan fingerprint density at radius 1 is 1.37 bits per heavy atom. The number of nitrogens with zero attached hydrogens (tertiary/aromatic N) is 1. The molecule has 0 aliphatic heterocycles. The zero-order valence-corrected chi connectivity index (χ0v) is 11.5. The van der Waals surface area contributed by atoms with E-state index in [9.17, 15) is 9.59 Å². The summed E-state index contributed by atoms with van der Waals surface area (Å²) >= 11 is 0. The minimum atomic E-state index is -1.03. The summed E-state index contributed by atoms with van der Waals surface area (Å²) in [6, 6.07) is 6.26. The zero-order chi connectivity index (χ0) is 14.4. The van der Waals surface area contributed by atoms with Crippen LogP contribution in [0.25, 0.3) is 0 Å². The van der Waals surface area contributed by atoms with E-state index in [1.165, 1.54) is 18.9 Å². The molecule has 2 N–H and O–H groups in total. The molecule has 0 spiro atoms. The van der Waals surface area contributed by atoms with Gasteiger partial charge in [-0.15, -0.1) is 0 Å². The molecule has 1 aromatic carbocycles. The van der Waals surface area contributed by atoms with Crippen LogP contribution in [0.5, 0.6) is 0 Å². The fourth-order valence-corrected chi connectivity index (χ4v) is 1.67. The molecule has 1 unspecified atom stereocenters. The molecule has 0 aromatic heterocycles. The van der Waals surface area contributed by atoms with Gasteiger partial charge in [-0.05, 0) is 25.0 Å². The van der Waals surface area contributed by atoms with E-state index in [1.54, 1.807) is 0 Å². The van der Waals surface area contributed by atoms with Gasteiger partial charge in [0.2, 0.25) is 0 Å². The summed E-state index contributed by atoms with van der Waals surface area (Å²) in [6.07, 6.45) is 1.85. The number of carbonyl (C=O) groups is 2. The van der Waals surface area contributed by atoms with Gasteiger partial charge in [-0.2, -0.15) is 0 Å². The van der Waals surface area contributed by atoms with Gasteiger partial charge in [0.05, 0.1) is 0 Å². The van der Waals surface area contributed by atoms with Gasteiger partial charge < -0.3 is 15.3 Å². The lowest BCUT2D eigenvalue weighted by Crippen LogP contribution is -2.42. The maximum absolute atomic E-state index is 12.0. The maximum atomic E-state index is 12.0. The molecule has 0 heterocycles. The van der Waals surface area contributed by atoms with Crippen molar-refractivity contribution in [3.05, 3.63) is 29.8 Å². The monoisotopic (exact) mass is 264 g/mol. The largest absolute Gasteiger partial charge is 0.480 e. The molecule has 5 nitrogen and oxygen atoms in total. The number of aliphatic carboxylic acids is 1. The number of carbonyl (C=O) groups excluding carboxylic acids is 1. The van der Waals surface area contributed by atoms with E-state index in [4.69, 9.17) is 5.11 Å². The van der Waals surface area contributed by atoms with Crippen LogP contribution in [0.4, 0.5) is 10.5 Å². The molecule has 0 bridgehead atoms. The van der Waals surface area contributed by atoms with Crippen molar-refractivity contribution in [3.63, 3.8) is 0 Å². The number of benzene rings is 1. The molecule has 0 aliphatic rings. The lowest BCUT2D eigenvalue weighted by molar-refractivity contribution is -0.141. The van der Waals surface area contributed by atoms with Crippen LogP contribution >= 0.6 is 0 Å². The summed E-state index contributed by atoms with van der Waals surface area (Å²) in [7, 11) is 1.47. The third-order valence-corrected chi connectivity index (χ3v) is 3.04. The van der Waals surface area contributed by atoms with Crippen LogP contribution < -0.4 is 5.32 Å². The van der Waals surface area contributed by atoms with Crippen molar-refractivity contribution in [2.45, 2.75) is 32.7 Å². The van der Waals surface area contributed by atoms with Crippen LogP contribution in [0.2, 0.25) is 0 Å². The molecule has 1 aromatic rings. The Hall–Kier alpha value is -2.04. The van der Waals surface area contributed by atoms with Gasteiger partial charge in [0.1, 0.15) is 6.04 Å². The second-order valence-corrected chi connectivity index (χ2v) is 4.46. The van der Waals surface area contributed by atoms with E-state index in [1.807, 2.05) is 24.3 Å². The Morgan fingerprint density at radius 2 is 2.00 bits per heavy atom. The zero-order valence-electron chi connectivity index (χ0n) is 11.5. The number of aryl methyl sites for hydroxylation is 1.